The summed E-state index contributed by atoms with van der Waals surface area (Å²) in [4.78, 5) is 8.78. The molecule has 16 heavy (non-hydrogen) atoms. The Bertz CT molecular complexity index is 555. The van der Waals surface area contributed by atoms with Crippen molar-refractivity contribution >= 4 is 27.8 Å². The van der Waals surface area contributed by atoms with Crippen LogP contribution in [0.3, 0.4) is 0 Å². The van der Waals surface area contributed by atoms with Crippen LogP contribution in [0.4, 0.5) is 0 Å². The van der Waals surface area contributed by atoms with E-state index in [0.717, 1.165) is 27.5 Å². The van der Waals surface area contributed by atoms with E-state index in [-0.39, 0.29) is 0 Å². The van der Waals surface area contributed by atoms with Crippen LogP contribution in [0.2, 0.25) is 0 Å². The number of thioether (sulfide) groups is 1. The van der Waals surface area contributed by atoms with E-state index in [0.29, 0.717) is 0 Å². The number of aromatic nitrogens is 2. The van der Waals surface area contributed by atoms with E-state index in [4.69, 9.17) is 0 Å². The normalized spacial score (nSPS) is 12.4. The van der Waals surface area contributed by atoms with Crippen LogP contribution in [0.15, 0.2) is 23.2 Å². The largest absolute Gasteiger partial charge is 0.331 e. The Hall–Kier alpha value is -1.29. The molecule has 0 saturated carbocycles. The van der Waals surface area contributed by atoms with Gasteiger partial charge in [-0.15, -0.1) is 11.8 Å². The van der Waals surface area contributed by atoms with Gasteiger partial charge in [0, 0.05) is 19.7 Å². The first-order chi connectivity index (χ1) is 7.67. The van der Waals surface area contributed by atoms with Gasteiger partial charge in [0.05, 0.1) is 16.1 Å². The maximum absolute atomic E-state index is 4.52. The van der Waals surface area contributed by atoms with Crippen LogP contribution in [-0.4, -0.2) is 27.9 Å². The van der Waals surface area contributed by atoms with Crippen molar-refractivity contribution in [1.29, 1.82) is 0 Å². The molecule has 0 aliphatic heterocycles. The van der Waals surface area contributed by atoms with Crippen molar-refractivity contribution in [3.05, 3.63) is 29.6 Å². The quantitative estimate of drug-likeness (QED) is 0.560. The fraction of sp³-hybridized carbons (Fsp3) is 0.333. The minimum atomic E-state index is 1.03. The fourth-order valence-corrected chi connectivity index (χ4v) is 2.34. The highest BCUT2D eigenvalue weighted by atomic mass is 32.2. The summed E-state index contributed by atoms with van der Waals surface area (Å²) in [6, 6.07) is 6.30. The van der Waals surface area contributed by atoms with Crippen molar-refractivity contribution in [2.24, 2.45) is 12.0 Å². The maximum atomic E-state index is 4.52. The van der Waals surface area contributed by atoms with Crippen LogP contribution in [0, 0.1) is 6.92 Å². The highest BCUT2D eigenvalue weighted by Crippen LogP contribution is 2.19. The Kier molecular flexibility index (Phi) is 3.01. The molecule has 0 atom stereocenters. The van der Waals surface area contributed by atoms with Gasteiger partial charge in [-0.25, -0.2) is 4.98 Å². The van der Waals surface area contributed by atoms with Crippen LogP contribution < -0.4 is 0 Å². The van der Waals surface area contributed by atoms with Gasteiger partial charge < -0.3 is 4.57 Å². The van der Waals surface area contributed by atoms with Gasteiger partial charge in [0.25, 0.3) is 0 Å². The number of aryl methyl sites for hydroxylation is 2. The molecule has 0 aliphatic rings. The zero-order chi connectivity index (χ0) is 11.7. The Morgan fingerprint density at radius 1 is 1.44 bits per heavy atom. The standard InChI is InChI=1S/C12H15N3S/c1-8-14-10-7-9(12(13-2)16-4)5-6-11(10)15(8)3/h5-7H,1-4H3. The van der Waals surface area contributed by atoms with Crippen LogP contribution in [0.25, 0.3) is 11.0 Å². The number of rotatable bonds is 1. The zero-order valence-corrected chi connectivity index (χ0v) is 10.8. The van der Waals surface area contributed by atoms with Crippen LogP contribution in [0.1, 0.15) is 11.4 Å². The Morgan fingerprint density at radius 2 is 2.19 bits per heavy atom. The number of aliphatic imine (C=N–C) groups is 1. The monoisotopic (exact) mass is 233 g/mol. The van der Waals surface area contributed by atoms with Crippen molar-refractivity contribution in [3.63, 3.8) is 0 Å². The molecular formula is C12H15N3S. The lowest BCUT2D eigenvalue weighted by molar-refractivity contribution is 0.886. The van der Waals surface area contributed by atoms with Gasteiger partial charge in [-0.3, -0.25) is 4.99 Å². The maximum Gasteiger partial charge on any atom is 0.106 e. The van der Waals surface area contributed by atoms with Crippen LogP contribution in [-0.2, 0) is 7.05 Å². The third-order valence-corrected chi connectivity index (χ3v) is 3.55. The van der Waals surface area contributed by atoms with Crippen LogP contribution >= 0.6 is 11.8 Å². The predicted molar refractivity (Wildman–Crippen MR) is 71.4 cm³/mol. The van der Waals surface area contributed by atoms with Gasteiger partial charge in [0.15, 0.2) is 0 Å². The summed E-state index contributed by atoms with van der Waals surface area (Å²) in [7, 11) is 3.85. The van der Waals surface area contributed by atoms with Crippen molar-refractivity contribution in [3.8, 4) is 0 Å². The third-order valence-electron chi connectivity index (χ3n) is 2.75. The van der Waals surface area contributed by atoms with Crippen molar-refractivity contribution in [1.82, 2.24) is 9.55 Å². The highest BCUT2D eigenvalue weighted by Gasteiger charge is 2.07. The van der Waals surface area contributed by atoms with E-state index in [1.54, 1.807) is 11.8 Å². The minimum absolute atomic E-state index is 1.03. The summed E-state index contributed by atoms with van der Waals surface area (Å²) < 4.78 is 2.10. The minimum Gasteiger partial charge on any atom is -0.331 e. The first kappa shape index (κ1) is 11.2. The lowest BCUT2D eigenvalue weighted by Gasteiger charge is -2.02. The summed E-state index contributed by atoms with van der Waals surface area (Å²) in [5, 5.41) is 1.05. The second-order valence-electron chi connectivity index (χ2n) is 3.65. The van der Waals surface area contributed by atoms with Gasteiger partial charge in [-0.1, -0.05) is 6.07 Å². The van der Waals surface area contributed by atoms with Gasteiger partial charge in [0.1, 0.15) is 5.82 Å². The van der Waals surface area contributed by atoms with Crippen molar-refractivity contribution in [2.45, 2.75) is 6.92 Å². The van der Waals surface area contributed by atoms with E-state index in [1.807, 2.05) is 27.3 Å². The van der Waals surface area contributed by atoms with Crippen LogP contribution in [0.5, 0.6) is 0 Å². The molecule has 0 unspecified atom stereocenters. The van der Waals surface area contributed by atoms with E-state index in [2.05, 4.69) is 32.7 Å². The van der Waals surface area contributed by atoms with Gasteiger partial charge >= 0.3 is 0 Å². The molecule has 0 bridgehead atoms. The number of fused-ring (bicyclic) bond motifs is 1. The van der Waals surface area contributed by atoms with Gasteiger partial charge in [-0.05, 0) is 25.3 Å². The molecular weight excluding hydrogens is 218 g/mol. The molecule has 0 radical (unpaired) electrons. The summed E-state index contributed by atoms with van der Waals surface area (Å²) in [5.74, 6) is 1.03. The Labute approximate surface area is 99.6 Å². The number of hydrogen-bond donors (Lipinski definition) is 0. The average Bonchev–Trinajstić information content (AvgIpc) is 2.56. The second-order valence-corrected chi connectivity index (χ2v) is 4.45. The van der Waals surface area contributed by atoms with Crippen molar-refractivity contribution < 1.29 is 0 Å². The summed E-state index contributed by atoms with van der Waals surface area (Å²) in [6.07, 6.45) is 2.04. The number of nitrogens with zero attached hydrogens (tertiary/aromatic N) is 3. The lowest BCUT2D eigenvalue weighted by atomic mass is 10.2. The molecule has 4 heteroatoms. The molecule has 1 heterocycles. The molecule has 84 valence electrons. The van der Waals surface area contributed by atoms with Crippen molar-refractivity contribution in [2.75, 3.05) is 13.3 Å². The Balaban J connectivity index is 2.61. The summed E-state index contributed by atoms with van der Waals surface area (Å²) in [5.41, 5.74) is 3.34. The molecule has 2 aromatic rings. The van der Waals surface area contributed by atoms with Gasteiger partial charge in [-0.2, -0.15) is 0 Å². The van der Waals surface area contributed by atoms with E-state index in [1.165, 1.54) is 0 Å². The molecule has 3 nitrogen and oxygen atoms in total. The first-order valence-corrected chi connectivity index (χ1v) is 6.34. The average molecular weight is 233 g/mol. The number of hydrogen-bond acceptors (Lipinski definition) is 3. The predicted octanol–water partition coefficient (Wildman–Crippen LogP) is 2.62. The van der Waals surface area contributed by atoms with E-state index < -0.39 is 0 Å². The molecule has 1 aromatic carbocycles. The topological polar surface area (TPSA) is 30.2 Å². The molecule has 0 saturated heterocycles. The Morgan fingerprint density at radius 3 is 2.81 bits per heavy atom. The third kappa shape index (κ3) is 1.73. The second kappa shape index (κ2) is 4.29. The lowest BCUT2D eigenvalue weighted by Crippen LogP contribution is -1.94. The van der Waals surface area contributed by atoms with Gasteiger partial charge in [0.2, 0.25) is 0 Å². The first-order valence-electron chi connectivity index (χ1n) is 5.11. The molecule has 1 aromatic heterocycles. The number of imidazole rings is 1. The molecule has 0 N–H and O–H groups in total. The molecule has 0 fully saturated rings. The highest BCUT2D eigenvalue weighted by molar-refractivity contribution is 8.13. The molecule has 0 aliphatic carbocycles. The number of benzene rings is 1. The van der Waals surface area contributed by atoms with E-state index in [9.17, 15) is 0 Å². The fourth-order valence-electron chi connectivity index (χ4n) is 1.79. The van der Waals surface area contributed by atoms with E-state index >= 15 is 0 Å². The smallest absolute Gasteiger partial charge is 0.106 e. The SMILES string of the molecule is CN=C(SC)c1ccc2c(c1)nc(C)n2C. The summed E-state index contributed by atoms with van der Waals surface area (Å²) >= 11 is 1.66. The molecule has 0 amide bonds. The molecule has 2 rings (SSSR count). The summed E-state index contributed by atoms with van der Waals surface area (Å²) in [6.45, 7) is 2.02. The zero-order valence-electron chi connectivity index (χ0n) is 9.98. The molecule has 0 spiro atoms.